The molecule has 0 unspecified atom stereocenters. The quantitative estimate of drug-likeness (QED) is 0.697. The first-order chi connectivity index (χ1) is 8.00. The molecule has 0 aliphatic carbocycles. The third-order valence-corrected chi connectivity index (χ3v) is 3.17. The maximum atomic E-state index is 12.0. The van der Waals surface area contributed by atoms with Gasteiger partial charge in [-0.25, -0.2) is 0 Å². The number of hydrogen-bond acceptors (Lipinski definition) is 3. The number of aliphatic carboxylic acids is 1. The highest BCUT2D eigenvalue weighted by molar-refractivity contribution is 5.87. The van der Waals surface area contributed by atoms with Gasteiger partial charge in [0.1, 0.15) is 5.92 Å². The van der Waals surface area contributed by atoms with Crippen molar-refractivity contribution in [3.8, 4) is 0 Å². The van der Waals surface area contributed by atoms with E-state index in [-0.39, 0.29) is 12.0 Å². The number of hydrogen-bond donors (Lipinski definition) is 2. The zero-order valence-electron chi connectivity index (χ0n) is 9.92. The van der Waals surface area contributed by atoms with E-state index < -0.39 is 23.9 Å². The van der Waals surface area contributed by atoms with Gasteiger partial charge >= 0.3 is 5.97 Å². The first kappa shape index (κ1) is 12.1. The monoisotopic (exact) mass is 239 g/mol. The zero-order valence-corrected chi connectivity index (χ0v) is 9.92. The Kier molecular flexibility index (Phi) is 3.19. The molecule has 0 radical (unpaired) electrons. The number of carboxylic acids is 1. The van der Waals surface area contributed by atoms with Crippen LogP contribution in [0.3, 0.4) is 0 Å². The van der Waals surface area contributed by atoms with E-state index in [1.807, 2.05) is 13.8 Å². The number of fused-ring (bicyclic) bond motifs is 2. The molecule has 5 nitrogen and oxygen atoms in total. The number of carbonyl (C=O) groups excluding carboxylic acids is 1. The summed E-state index contributed by atoms with van der Waals surface area (Å²) >= 11 is 0. The first-order valence-electron chi connectivity index (χ1n) is 5.85. The first-order valence-corrected chi connectivity index (χ1v) is 5.85. The van der Waals surface area contributed by atoms with Gasteiger partial charge in [-0.3, -0.25) is 9.59 Å². The minimum atomic E-state index is -0.966. The van der Waals surface area contributed by atoms with E-state index in [1.165, 1.54) is 0 Å². The molecule has 2 aliphatic heterocycles. The maximum Gasteiger partial charge on any atom is 0.310 e. The van der Waals surface area contributed by atoms with E-state index in [0.717, 1.165) is 0 Å². The fraction of sp³-hybridized carbons (Fsp3) is 0.667. The Morgan fingerprint density at radius 3 is 2.41 bits per heavy atom. The van der Waals surface area contributed by atoms with E-state index in [2.05, 4.69) is 5.32 Å². The molecule has 4 atom stereocenters. The van der Waals surface area contributed by atoms with Gasteiger partial charge in [0.15, 0.2) is 0 Å². The average molecular weight is 239 g/mol. The molecule has 1 fully saturated rings. The molecule has 0 spiro atoms. The van der Waals surface area contributed by atoms with Crippen molar-refractivity contribution in [1.82, 2.24) is 5.32 Å². The van der Waals surface area contributed by atoms with Gasteiger partial charge in [-0.05, 0) is 5.92 Å². The molecule has 2 N–H and O–H groups in total. The number of carbonyl (C=O) groups is 2. The van der Waals surface area contributed by atoms with Crippen LogP contribution in [0.1, 0.15) is 13.8 Å². The number of nitrogens with one attached hydrogen (secondary N) is 1. The lowest BCUT2D eigenvalue weighted by Crippen LogP contribution is -2.43. The Morgan fingerprint density at radius 1 is 1.29 bits per heavy atom. The third-order valence-electron chi connectivity index (χ3n) is 3.17. The van der Waals surface area contributed by atoms with Crippen molar-refractivity contribution in [2.24, 2.45) is 17.8 Å². The zero-order chi connectivity index (χ0) is 12.6. The highest BCUT2D eigenvalue weighted by Crippen LogP contribution is 2.39. The SMILES string of the molecule is CC(C)CNC(=O)[C@H]1[C@@H](C(=O)O)[C@@H]2C=C[C@H]1O2. The van der Waals surface area contributed by atoms with Crippen LogP contribution in [0, 0.1) is 17.8 Å². The third kappa shape index (κ3) is 2.20. The van der Waals surface area contributed by atoms with Crippen molar-refractivity contribution in [2.75, 3.05) is 6.54 Å². The summed E-state index contributed by atoms with van der Waals surface area (Å²) in [6.45, 7) is 4.54. The van der Waals surface area contributed by atoms with E-state index in [0.29, 0.717) is 12.5 Å². The summed E-state index contributed by atoms with van der Waals surface area (Å²) in [6.07, 6.45) is 2.68. The minimum absolute atomic E-state index is 0.219. The van der Waals surface area contributed by atoms with Crippen LogP contribution >= 0.6 is 0 Å². The molecule has 0 aromatic carbocycles. The molecule has 2 heterocycles. The molecule has 0 aromatic rings. The summed E-state index contributed by atoms with van der Waals surface area (Å²) in [5, 5.41) is 11.9. The molecule has 17 heavy (non-hydrogen) atoms. The molecule has 2 aliphatic rings. The van der Waals surface area contributed by atoms with Crippen LogP contribution in [-0.4, -0.2) is 35.7 Å². The van der Waals surface area contributed by atoms with Gasteiger partial charge in [0.05, 0.1) is 18.1 Å². The van der Waals surface area contributed by atoms with Crippen LogP contribution in [0.25, 0.3) is 0 Å². The van der Waals surface area contributed by atoms with Crippen molar-refractivity contribution >= 4 is 11.9 Å². The van der Waals surface area contributed by atoms with Crippen molar-refractivity contribution in [3.63, 3.8) is 0 Å². The molecule has 0 saturated carbocycles. The van der Waals surface area contributed by atoms with Gasteiger partial charge < -0.3 is 15.2 Å². The molecule has 5 heteroatoms. The van der Waals surface area contributed by atoms with Crippen LogP contribution in [0.4, 0.5) is 0 Å². The van der Waals surface area contributed by atoms with Gasteiger partial charge in [-0.15, -0.1) is 0 Å². The maximum absolute atomic E-state index is 12.0. The van der Waals surface area contributed by atoms with Crippen LogP contribution in [0.2, 0.25) is 0 Å². The summed E-state index contributed by atoms with van der Waals surface area (Å²) in [6, 6.07) is 0. The van der Waals surface area contributed by atoms with Crippen molar-refractivity contribution in [2.45, 2.75) is 26.1 Å². The highest BCUT2D eigenvalue weighted by atomic mass is 16.5. The number of rotatable bonds is 4. The summed E-state index contributed by atoms with van der Waals surface area (Å²) in [5.41, 5.74) is 0. The lowest BCUT2D eigenvalue weighted by atomic mass is 9.82. The Labute approximate surface area is 99.8 Å². The molecule has 94 valence electrons. The average Bonchev–Trinajstić information content (AvgIpc) is 2.84. The predicted molar refractivity (Wildman–Crippen MR) is 60.3 cm³/mol. The normalized spacial score (nSPS) is 34.3. The lowest BCUT2D eigenvalue weighted by molar-refractivity contribution is -0.146. The summed E-state index contributed by atoms with van der Waals surface area (Å²) < 4.78 is 5.43. The Bertz CT molecular complexity index is 364. The van der Waals surface area contributed by atoms with Crippen molar-refractivity contribution in [3.05, 3.63) is 12.2 Å². The second-order valence-electron chi connectivity index (χ2n) is 4.98. The molecule has 0 aromatic heterocycles. The van der Waals surface area contributed by atoms with Crippen LogP contribution in [0.5, 0.6) is 0 Å². The number of carboxylic acid groups (broad SMARTS) is 1. The second kappa shape index (κ2) is 4.49. The van der Waals surface area contributed by atoms with E-state index in [4.69, 9.17) is 9.84 Å². The molecule has 2 rings (SSSR count). The summed E-state index contributed by atoms with van der Waals surface area (Å²) in [4.78, 5) is 23.1. The van der Waals surface area contributed by atoms with Gasteiger partial charge in [0.2, 0.25) is 5.91 Å². The summed E-state index contributed by atoms with van der Waals surface area (Å²) in [5.74, 6) is -2.19. The molecular weight excluding hydrogens is 222 g/mol. The van der Waals surface area contributed by atoms with Crippen molar-refractivity contribution < 1.29 is 19.4 Å². The fourth-order valence-corrected chi connectivity index (χ4v) is 2.34. The Balaban J connectivity index is 2.06. The second-order valence-corrected chi connectivity index (χ2v) is 4.98. The van der Waals surface area contributed by atoms with Gasteiger partial charge in [0.25, 0.3) is 0 Å². The smallest absolute Gasteiger partial charge is 0.310 e. The molecule has 1 saturated heterocycles. The molecule has 2 bridgehead atoms. The van der Waals surface area contributed by atoms with E-state index >= 15 is 0 Å². The largest absolute Gasteiger partial charge is 0.481 e. The minimum Gasteiger partial charge on any atom is -0.481 e. The predicted octanol–water partition coefficient (Wildman–Crippen LogP) is 0.413. The van der Waals surface area contributed by atoms with Gasteiger partial charge in [-0.2, -0.15) is 0 Å². The molecular formula is C12H17NO4. The molecule has 1 amide bonds. The summed E-state index contributed by atoms with van der Waals surface area (Å²) in [7, 11) is 0. The van der Waals surface area contributed by atoms with Crippen LogP contribution < -0.4 is 5.32 Å². The number of amides is 1. The highest BCUT2D eigenvalue weighted by Gasteiger charge is 2.53. The topological polar surface area (TPSA) is 75.6 Å². The van der Waals surface area contributed by atoms with E-state index in [1.54, 1.807) is 12.2 Å². The number of ether oxygens (including phenoxy) is 1. The van der Waals surface area contributed by atoms with Crippen LogP contribution in [0.15, 0.2) is 12.2 Å². The Morgan fingerprint density at radius 2 is 1.88 bits per heavy atom. The Hall–Kier alpha value is -1.36. The van der Waals surface area contributed by atoms with E-state index in [9.17, 15) is 9.59 Å². The lowest BCUT2D eigenvalue weighted by Gasteiger charge is -2.21. The van der Waals surface area contributed by atoms with Gasteiger partial charge in [-0.1, -0.05) is 26.0 Å². The fourth-order valence-electron chi connectivity index (χ4n) is 2.34. The van der Waals surface area contributed by atoms with Crippen LogP contribution in [-0.2, 0) is 14.3 Å². The van der Waals surface area contributed by atoms with Crippen molar-refractivity contribution in [1.29, 1.82) is 0 Å². The standard InChI is InChI=1S/C12H17NO4/c1-6(2)5-13-11(14)9-7-3-4-8(17-7)10(9)12(15)16/h3-4,6-10H,5H2,1-2H3,(H,13,14)(H,15,16)/t7-,8+,9-,10+/m1/s1. The van der Waals surface area contributed by atoms with Gasteiger partial charge in [0, 0.05) is 6.54 Å².